The molecule has 0 aromatic carbocycles. The Bertz CT molecular complexity index is 411. The van der Waals surface area contributed by atoms with Gasteiger partial charge in [0.2, 0.25) is 0 Å². The Morgan fingerprint density at radius 3 is 2.94 bits per heavy atom. The SMILES string of the molecule is CN(c1cc(NC#N)ncn1)C1CCOCC1. The second kappa shape index (κ2) is 5.46. The minimum absolute atomic E-state index is 0.439. The van der Waals surface area contributed by atoms with Crippen LogP contribution < -0.4 is 10.2 Å². The summed E-state index contributed by atoms with van der Waals surface area (Å²) >= 11 is 0. The first-order valence-corrected chi connectivity index (χ1v) is 5.59. The number of aromatic nitrogens is 2. The molecular weight excluding hydrogens is 218 g/mol. The standard InChI is InChI=1S/C11H15N5O/c1-16(9-2-4-17-5-3-9)11-6-10(13-7-12)14-8-15-11/h6,8-9H,2-5H2,1H3,(H,13,14,15). The van der Waals surface area contributed by atoms with Crippen molar-refractivity contribution in [3.8, 4) is 6.19 Å². The van der Waals surface area contributed by atoms with Crippen molar-refractivity contribution in [3.63, 3.8) is 0 Å². The summed E-state index contributed by atoms with van der Waals surface area (Å²) in [5.41, 5.74) is 0. The molecule has 1 aliphatic heterocycles. The van der Waals surface area contributed by atoms with Crippen LogP contribution in [0.5, 0.6) is 0 Å². The number of anilines is 2. The normalized spacial score (nSPS) is 16.2. The van der Waals surface area contributed by atoms with Gasteiger partial charge in [-0.15, -0.1) is 0 Å². The van der Waals surface area contributed by atoms with Crippen molar-refractivity contribution < 1.29 is 4.74 Å². The van der Waals surface area contributed by atoms with Gasteiger partial charge in [0.15, 0.2) is 6.19 Å². The second-order valence-corrected chi connectivity index (χ2v) is 3.95. The Kier molecular flexibility index (Phi) is 3.73. The molecule has 6 nitrogen and oxygen atoms in total. The van der Waals surface area contributed by atoms with E-state index in [2.05, 4.69) is 20.2 Å². The van der Waals surface area contributed by atoms with E-state index in [1.165, 1.54) is 6.33 Å². The highest BCUT2D eigenvalue weighted by molar-refractivity contribution is 5.50. The van der Waals surface area contributed by atoms with Crippen LogP contribution >= 0.6 is 0 Å². The van der Waals surface area contributed by atoms with Gasteiger partial charge in [-0.1, -0.05) is 0 Å². The molecular formula is C11H15N5O. The van der Waals surface area contributed by atoms with E-state index in [1.54, 1.807) is 6.07 Å². The summed E-state index contributed by atoms with van der Waals surface area (Å²) in [4.78, 5) is 10.3. The number of hydrogen-bond donors (Lipinski definition) is 1. The highest BCUT2D eigenvalue weighted by atomic mass is 16.5. The molecule has 2 heterocycles. The number of rotatable bonds is 3. The van der Waals surface area contributed by atoms with Crippen LogP contribution in [0.2, 0.25) is 0 Å². The monoisotopic (exact) mass is 233 g/mol. The van der Waals surface area contributed by atoms with Gasteiger partial charge >= 0.3 is 0 Å². The third kappa shape index (κ3) is 2.82. The Morgan fingerprint density at radius 1 is 1.47 bits per heavy atom. The highest BCUT2D eigenvalue weighted by Crippen LogP contribution is 2.20. The predicted octanol–water partition coefficient (Wildman–Crippen LogP) is 0.985. The van der Waals surface area contributed by atoms with Crippen molar-refractivity contribution in [3.05, 3.63) is 12.4 Å². The molecule has 6 heteroatoms. The third-order valence-electron chi connectivity index (χ3n) is 2.94. The minimum atomic E-state index is 0.439. The van der Waals surface area contributed by atoms with Crippen molar-refractivity contribution in [2.45, 2.75) is 18.9 Å². The van der Waals surface area contributed by atoms with Gasteiger partial charge in [0, 0.05) is 32.4 Å². The molecule has 1 saturated heterocycles. The molecule has 2 rings (SSSR count). The average molecular weight is 233 g/mol. The van der Waals surface area contributed by atoms with Crippen molar-refractivity contribution in [2.24, 2.45) is 0 Å². The molecule has 0 bridgehead atoms. The molecule has 0 aliphatic carbocycles. The van der Waals surface area contributed by atoms with E-state index in [9.17, 15) is 0 Å². The summed E-state index contributed by atoms with van der Waals surface area (Å²) in [7, 11) is 2.01. The molecule has 1 aromatic rings. The lowest BCUT2D eigenvalue weighted by Crippen LogP contribution is -2.37. The van der Waals surface area contributed by atoms with Crippen LogP contribution in [0.25, 0.3) is 0 Å². The van der Waals surface area contributed by atoms with Gasteiger partial charge < -0.3 is 9.64 Å². The minimum Gasteiger partial charge on any atom is -0.381 e. The van der Waals surface area contributed by atoms with Gasteiger partial charge in [0.1, 0.15) is 18.0 Å². The Hall–Kier alpha value is -1.87. The van der Waals surface area contributed by atoms with Crippen LogP contribution in [0.4, 0.5) is 11.6 Å². The molecule has 0 unspecified atom stereocenters. The fourth-order valence-corrected chi connectivity index (χ4v) is 1.93. The van der Waals surface area contributed by atoms with Crippen molar-refractivity contribution >= 4 is 11.6 Å². The highest BCUT2D eigenvalue weighted by Gasteiger charge is 2.19. The summed E-state index contributed by atoms with van der Waals surface area (Å²) in [5.74, 6) is 1.35. The molecule has 0 amide bonds. The number of ether oxygens (including phenoxy) is 1. The zero-order valence-electron chi connectivity index (χ0n) is 9.76. The van der Waals surface area contributed by atoms with E-state index in [1.807, 2.05) is 13.2 Å². The summed E-state index contributed by atoms with van der Waals surface area (Å²) < 4.78 is 5.33. The molecule has 17 heavy (non-hydrogen) atoms. The van der Waals surface area contributed by atoms with E-state index < -0.39 is 0 Å². The molecule has 0 spiro atoms. The van der Waals surface area contributed by atoms with Gasteiger partial charge in [-0.3, -0.25) is 5.32 Å². The van der Waals surface area contributed by atoms with Crippen molar-refractivity contribution in [2.75, 3.05) is 30.5 Å². The van der Waals surface area contributed by atoms with Crippen molar-refractivity contribution in [1.29, 1.82) is 5.26 Å². The fraction of sp³-hybridized carbons (Fsp3) is 0.545. The zero-order chi connectivity index (χ0) is 12.1. The summed E-state index contributed by atoms with van der Waals surface area (Å²) in [6.45, 7) is 1.59. The number of nitrogens with one attached hydrogen (secondary N) is 1. The Balaban J connectivity index is 2.09. The summed E-state index contributed by atoms with van der Waals surface area (Å²) in [5, 5.41) is 11.1. The first kappa shape index (κ1) is 11.6. The molecule has 90 valence electrons. The zero-order valence-corrected chi connectivity index (χ0v) is 9.76. The lowest BCUT2D eigenvalue weighted by atomic mass is 10.1. The lowest BCUT2D eigenvalue weighted by molar-refractivity contribution is 0.0853. The maximum Gasteiger partial charge on any atom is 0.182 e. The quantitative estimate of drug-likeness (QED) is 0.619. The van der Waals surface area contributed by atoms with Gasteiger partial charge in [0.25, 0.3) is 0 Å². The molecule has 1 aliphatic rings. The smallest absolute Gasteiger partial charge is 0.182 e. The number of nitrogens with zero attached hydrogens (tertiary/aromatic N) is 4. The largest absolute Gasteiger partial charge is 0.381 e. The van der Waals surface area contributed by atoms with E-state index in [0.29, 0.717) is 11.9 Å². The second-order valence-electron chi connectivity index (χ2n) is 3.95. The van der Waals surface area contributed by atoms with Crippen LogP contribution in [0.15, 0.2) is 12.4 Å². The van der Waals surface area contributed by atoms with Crippen LogP contribution in [-0.2, 0) is 4.74 Å². The fourth-order valence-electron chi connectivity index (χ4n) is 1.93. The van der Waals surface area contributed by atoms with E-state index in [0.717, 1.165) is 31.9 Å². The average Bonchev–Trinajstić information content (AvgIpc) is 2.40. The first-order valence-electron chi connectivity index (χ1n) is 5.59. The Morgan fingerprint density at radius 2 is 2.24 bits per heavy atom. The third-order valence-corrected chi connectivity index (χ3v) is 2.94. The van der Waals surface area contributed by atoms with Crippen LogP contribution in [0, 0.1) is 11.5 Å². The lowest BCUT2D eigenvalue weighted by Gasteiger charge is -2.31. The molecule has 0 saturated carbocycles. The summed E-state index contributed by atoms with van der Waals surface area (Å²) in [6, 6.07) is 2.21. The van der Waals surface area contributed by atoms with Gasteiger partial charge in [0.05, 0.1) is 0 Å². The first-order chi connectivity index (χ1) is 8.31. The maximum absolute atomic E-state index is 8.55. The topological polar surface area (TPSA) is 74.1 Å². The Labute approximate surface area is 100 Å². The van der Waals surface area contributed by atoms with E-state index >= 15 is 0 Å². The van der Waals surface area contributed by atoms with Gasteiger partial charge in [-0.2, -0.15) is 5.26 Å². The van der Waals surface area contributed by atoms with Gasteiger partial charge in [-0.05, 0) is 12.8 Å². The molecule has 1 N–H and O–H groups in total. The summed E-state index contributed by atoms with van der Waals surface area (Å²) in [6.07, 6.45) is 5.32. The van der Waals surface area contributed by atoms with Crippen LogP contribution in [0.3, 0.4) is 0 Å². The van der Waals surface area contributed by atoms with Crippen LogP contribution in [-0.4, -0.2) is 36.3 Å². The van der Waals surface area contributed by atoms with Gasteiger partial charge in [-0.25, -0.2) is 9.97 Å². The number of nitriles is 1. The number of hydrogen-bond acceptors (Lipinski definition) is 6. The molecule has 1 fully saturated rings. The van der Waals surface area contributed by atoms with E-state index in [4.69, 9.17) is 10.00 Å². The van der Waals surface area contributed by atoms with Crippen molar-refractivity contribution in [1.82, 2.24) is 9.97 Å². The molecule has 1 aromatic heterocycles. The molecule has 0 atom stereocenters. The molecule has 0 radical (unpaired) electrons. The maximum atomic E-state index is 8.55. The predicted molar refractivity (Wildman–Crippen MR) is 63.5 cm³/mol. The van der Waals surface area contributed by atoms with E-state index in [-0.39, 0.29) is 0 Å². The van der Waals surface area contributed by atoms with Crippen LogP contribution in [0.1, 0.15) is 12.8 Å².